The Morgan fingerprint density at radius 2 is 2.00 bits per heavy atom. The summed E-state index contributed by atoms with van der Waals surface area (Å²) in [6.07, 6.45) is 14.4. The number of aliphatic hydroxyl groups is 1. The van der Waals surface area contributed by atoms with Crippen LogP contribution in [0.5, 0.6) is 0 Å². The molecular formula is C21H37NO4. The number of carbonyl (C=O) groups is 1. The number of allylic oxidation sites excluding steroid dienone is 2. The van der Waals surface area contributed by atoms with Gasteiger partial charge in [-0.25, -0.2) is 0 Å². The molecule has 0 radical (unpaired) electrons. The summed E-state index contributed by atoms with van der Waals surface area (Å²) in [5.41, 5.74) is 0. The van der Waals surface area contributed by atoms with Gasteiger partial charge in [-0.2, -0.15) is 0 Å². The van der Waals surface area contributed by atoms with Gasteiger partial charge in [0.1, 0.15) is 0 Å². The molecule has 0 saturated carbocycles. The Balaban J connectivity index is 1.66. The maximum absolute atomic E-state index is 10.5. The first-order valence-electron chi connectivity index (χ1n) is 10.5. The summed E-state index contributed by atoms with van der Waals surface area (Å²) in [4.78, 5) is 10.5. The van der Waals surface area contributed by atoms with Crippen LogP contribution < -0.4 is 5.32 Å². The van der Waals surface area contributed by atoms with E-state index >= 15 is 0 Å². The van der Waals surface area contributed by atoms with Gasteiger partial charge in [0.05, 0.1) is 18.3 Å². The maximum Gasteiger partial charge on any atom is 0.303 e. The predicted octanol–water partition coefficient (Wildman–Crippen LogP) is 3.51. The second-order valence-corrected chi connectivity index (χ2v) is 7.90. The minimum Gasteiger partial charge on any atom is -0.481 e. The van der Waals surface area contributed by atoms with Gasteiger partial charge in [-0.05, 0) is 63.3 Å². The summed E-state index contributed by atoms with van der Waals surface area (Å²) in [6, 6.07) is 0. The van der Waals surface area contributed by atoms with Crippen LogP contribution in [0.15, 0.2) is 12.2 Å². The highest BCUT2D eigenvalue weighted by Crippen LogP contribution is 2.46. The summed E-state index contributed by atoms with van der Waals surface area (Å²) < 4.78 is 6.15. The Hall–Kier alpha value is -0.910. The van der Waals surface area contributed by atoms with Crippen LogP contribution in [0.25, 0.3) is 0 Å². The Morgan fingerprint density at radius 1 is 1.23 bits per heavy atom. The number of carboxylic acid groups (broad SMARTS) is 1. The number of aliphatic hydroxyl groups excluding tert-OH is 1. The molecule has 5 atom stereocenters. The van der Waals surface area contributed by atoms with E-state index in [0.717, 1.165) is 45.1 Å². The molecule has 0 aromatic rings. The van der Waals surface area contributed by atoms with E-state index in [4.69, 9.17) is 9.84 Å². The SMILES string of the molecule is CCCCC(O)CNCC[C@H]1[C@H](C/C=C\CCCC(=O)O)[C@H]2CC[C@@H]1O2. The molecule has 2 fully saturated rings. The number of aliphatic carboxylic acids is 1. The second-order valence-electron chi connectivity index (χ2n) is 7.90. The molecule has 26 heavy (non-hydrogen) atoms. The lowest BCUT2D eigenvalue weighted by molar-refractivity contribution is -0.137. The lowest BCUT2D eigenvalue weighted by Gasteiger charge is -2.27. The Kier molecular flexibility index (Phi) is 9.65. The smallest absolute Gasteiger partial charge is 0.303 e. The first kappa shape index (κ1) is 21.4. The van der Waals surface area contributed by atoms with Crippen molar-refractivity contribution in [3.8, 4) is 0 Å². The molecule has 150 valence electrons. The normalized spacial score (nSPS) is 28.8. The first-order chi connectivity index (χ1) is 12.6. The highest BCUT2D eigenvalue weighted by Gasteiger charge is 2.47. The molecule has 0 aromatic heterocycles. The van der Waals surface area contributed by atoms with Gasteiger partial charge in [0, 0.05) is 13.0 Å². The molecular weight excluding hydrogens is 330 g/mol. The van der Waals surface area contributed by atoms with Crippen molar-refractivity contribution in [1.29, 1.82) is 0 Å². The van der Waals surface area contributed by atoms with Crippen molar-refractivity contribution in [2.75, 3.05) is 13.1 Å². The molecule has 3 N–H and O–H groups in total. The zero-order valence-electron chi connectivity index (χ0n) is 16.2. The van der Waals surface area contributed by atoms with Crippen LogP contribution in [0.1, 0.15) is 71.1 Å². The number of hydrogen-bond donors (Lipinski definition) is 3. The van der Waals surface area contributed by atoms with Crippen molar-refractivity contribution < 1.29 is 19.7 Å². The third kappa shape index (κ3) is 7.01. The van der Waals surface area contributed by atoms with Gasteiger partial charge >= 0.3 is 5.97 Å². The highest BCUT2D eigenvalue weighted by molar-refractivity contribution is 5.66. The molecule has 5 nitrogen and oxygen atoms in total. The van der Waals surface area contributed by atoms with Crippen LogP contribution in [0.4, 0.5) is 0 Å². The summed E-state index contributed by atoms with van der Waals surface area (Å²) >= 11 is 0. The molecule has 2 rings (SSSR count). The molecule has 0 spiro atoms. The van der Waals surface area contributed by atoms with E-state index in [1.807, 2.05) is 0 Å². The van der Waals surface area contributed by atoms with E-state index in [9.17, 15) is 9.90 Å². The Bertz CT molecular complexity index is 440. The first-order valence-corrected chi connectivity index (χ1v) is 10.5. The molecule has 0 amide bonds. The maximum atomic E-state index is 10.5. The molecule has 2 bridgehead atoms. The standard InChI is InChI=1S/C21H37NO4/c1-2-3-8-16(23)15-22-14-13-18-17(19-11-12-20(18)26-19)9-6-4-5-7-10-21(24)25/h4,6,16-20,22-23H,2-3,5,7-15H2,1H3,(H,24,25)/b6-4-/t16?,17-,18-,19+,20-/m0/s1. The average molecular weight is 368 g/mol. The van der Waals surface area contributed by atoms with E-state index in [0.29, 0.717) is 37.0 Å². The summed E-state index contributed by atoms with van der Waals surface area (Å²) in [6.45, 7) is 3.78. The van der Waals surface area contributed by atoms with Gasteiger partial charge in [-0.1, -0.05) is 31.9 Å². The monoisotopic (exact) mass is 367 g/mol. The third-order valence-electron chi connectivity index (χ3n) is 5.85. The van der Waals surface area contributed by atoms with E-state index in [1.54, 1.807) is 0 Å². The number of hydrogen-bond acceptors (Lipinski definition) is 4. The minimum atomic E-state index is -0.715. The van der Waals surface area contributed by atoms with Crippen molar-refractivity contribution in [3.63, 3.8) is 0 Å². The summed E-state index contributed by atoms with van der Waals surface area (Å²) in [5, 5.41) is 22.0. The van der Waals surface area contributed by atoms with Crippen molar-refractivity contribution in [1.82, 2.24) is 5.32 Å². The van der Waals surface area contributed by atoms with Crippen LogP contribution >= 0.6 is 0 Å². The molecule has 0 aromatic carbocycles. The Labute approximate surface area is 158 Å². The number of unbranched alkanes of at least 4 members (excludes halogenated alkanes) is 2. The van der Waals surface area contributed by atoms with Gasteiger partial charge in [-0.15, -0.1) is 0 Å². The van der Waals surface area contributed by atoms with Crippen LogP contribution in [0.2, 0.25) is 0 Å². The fourth-order valence-corrected chi connectivity index (χ4v) is 4.42. The summed E-state index contributed by atoms with van der Waals surface area (Å²) in [7, 11) is 0. The zero-order valence-corrected chi connectivity index (χ0v) is 16.2. The topological polar surface area (TPSA) is 78.8 Å². The number of ether oxygens (including phenoxy) is 1. The molecule has 0 aliphatic carbocycles. The van der Waals surface area contributed by atoms with Crippen molar-refractivity contribution in [2.45, 2.75) is 89.4 Å². The molecule has 2 aliphatic rings. The van der Waals surface area contributed by atoms with Gasteiger partial charge in [0.15, 0.2) is 0 Å². The number of nitrogens with one attached hydrogen (secondary N) is 1. The second kappa shape index (κ2) is 11.7. The molecule has 2 heterocycles. The van der Waals surface area contributed by atoms with Crippen LogP contribution in [0, 0.1) is 11.8 Å². The van der Waals surface area contributed by atoms with Crippen LogP contribution in [0.3, 0.4) is 0 Å². The number of carboxylic acids is 1. The molecule has 2 aliphatic heterocycles. The van der Waals surface area contributed by atoms with Crippen molar-refractivity contribution in [2.24, 2.45) is 11.8 Å². The van der Waals surface area contributed by atoms with Gasteiger partial charge in [0.25, 0.3) is 0 Å². The zero-order chi connectivity index (χ0) is 18.8. The third-order valence-corrected chi connectivity index (χ3v) is 5.85. The van der Waals surface area contributed by atoms with Gasteiger partial charge in [0.2, 0.25) is 0 Å². The minimum absolute atomic E-state index is 0.226. The van der Waals surface area contributed by atoms with Crippen molar-refractivity contribution in [3.05, 3.63) is 12.2 Å². The lowest BCUT2D eigenvalue weighted by atomic mass is 9.76. The average Bonchev–Trinajstić information content (AvgIpc) is 3.21. The lowest BCUT2D eigenvalue weighted by Crippen LogP contribution is -2.33. The van der Waals surface area contributed by atoms with E-state index in [2.05, 4.69) is 24.4 Å². The highest BCUT2D eigenvalue weighted by atomic mass is 16.5. The largest absolute Gasteiger partial charge is 0.481 e. The molecule has 2 saturated heterocycles. The van der Waals surface area contributed by atoms with Crippen LogP contribution in [-0.2, 0) is 9.53 Å². The predicted molar refractivity (Wildman–Crippen MR) is 103 cm³/mol. The van der Waals surface area contributed by atoms with Gasteiger partial charge < -0.3 is 20.3 Å². The quantitative estimate of drug-likeness (QED) is 0.323. The summed E-state index contributed by atoms with van der Waals surface area (Å²) in [5.74, 6) is 0.487. The fourth-order valence-electron chi connectivity index (χ4n) is 4.42. The van der Waals surface area contributed by atoms with E-state index < -0.39 is 5.97 Å². The van der Waals surface area contributed by atoms with Gasteiger partial charge in [-0.3, -0.25) is 4.79 Å². The molecule has 1 unspecified atom stereocenters. The fraction of sp³-hybridized carbons (Fsp3) is 0.857. The number of rotatable bonds is 14. The van der Waals surface area contributed by atoms with E-state index in [1.165, 1.54) is 12.8 Å². The van der Waals surface area contributed by atoms with Crippen LogP contribution in [-0.4, -0.2) is 47.6 Å². The van der Waals surface area contributed by atoms with E-state index in [-0.39, 0.29) is 12.5 Å². The Morgan fingerprint density at radius 3 is 2.73 bits per heavy atom. The number of fused-ring (bicyclic) bond motifs is 2. The molecule has 5 heteroatoms. The van der Waals surface area contributed by atoms with Crippen molar-refractivity contribution >= 4 is 5.97 Å².